The fraction of sp³-hybridized carbons (Fsp3) is 0.600. The lowest BCUT2D eigenvalue weighted by molar-refractivity contribution is -0.129. The highest BCUT2D eigenvalue weighted by Crippen LogP contribution is 2.29. The van der Waals surface area contributed by atoms with Crippen LogP contribution < -0.4 is 5.73 Å². The molecule has 0 unspecified atom stereocenters. The first-order chi connectivity index (χ1) is 9.63. The molecule has 1 aromatic rings. The number of aromatic nitrogens is 1. The molecule has 5 heteroatoms. The molecule has 3 aliphatic heterocycles. The van der Waals surface area contributed by atoms with Crippen molar-refractivity contribution in [1.82, 2.24) is 14.8 Å². The predicted molar refractivity (Wildman–Crippen MR) is 77.8 cm³/mol. The van der Waals surface area contributed by atoms with E-state index in [2.05, 4.69) is 9.88 Å². The number of amides is 1. The van der Waals surface area contributed by atoms with Crippen LogP contribution in [-0.2, 0) is 11.3 Å². The van der Waals surface area contributed by atoms with Gasteiger partial charge in [-0.2, -0.15) is 0 Å². The van der Waals surface area contributed by atoms with Crippen molar-refractivity contribution in [3.63, 3.8) is 0 Å². The average molecular weight is 274 g/mol. The Bertz CT molecular complexity index is 504. The predicted octanol–water partition coefficient (Wildman–Crippen LogP) is 1.11. The molecule has 0 saturated carbocycles. The van der Waals surface area contributed by atoms with Crippen LogP contribution in [0.4, 0.5) is 5.82 Å². The van der Waals surface area contributed by atoms with Crippen LogP contribution in [0, 0.1) is 5.92 Å². The van der Waals surface area contributed by atoms with Crippen molar-refractivity contribution in [3.05, 3.63) is 23.9 Å². The molecule has 0 aromatic carbocycles. The van der Waals surface area contributed by atoms with Gasteiger partial charge in [-0.3, -0.25) is 9.69 Å². The molecular formula is C15H22N4O. The van der Waals surface area contributed by atoms with Gasteiger partial charge in [0.05, 0.1) is 0 Å². The van der Waals surface area contributed by atoms with Crippen molar-refractivity contribution in [2.24, 2.45) is 5.92 Å². The standard InChI is InChI=1S/C15H22N4O/c1-11(20)18-7-12-4-5-14(10-18)19(8-12)9-13-3-2-6-17-15(13)16/h2-3,6,12,14H,4-5,7-10H2,1H3,(H2,16,17)/t12-,14+/m1/s1. The summed E-state index contributed by atoms with van der Waals surface area (Å²) in [6.45, 7) is 5.33. The first kappa shape index (κ1) is 13.4. The van der Waals surface area contributed by atoms with Crippen molar-refractivity contribution in [3.8, 4) is 0 Å². The minimum atomic E-state index is 0.199. The average Bonchev–Trinajstić information content (AvgIpc) is 2.73. The molecule has 3 saturated heterocycles. The van der Waals surface area contributed by atoms with Gasteiger partial charge in [-0.15, -0.1) is 0 Å². The number of anilines is 1. The topological polar surface area (TPSA) is 62.5 Å². The van der Waals surface area contributed by atoms with Crippen LogP contribution in [0.2, 0.25) is 0 Å². The Morgan fingerprint density at radius 2 is 2.25 bits per heavy atom. The van der Waals surface area contributed by atoms with Gasteiger partial charge in [0.25, 0.3) is 0 Å². The van der Waals surface area contributed by atoms with E-state index in [-0.39, 0.29) is 5.91 Å². The van der Waals surface area contributed by atoms with E-state index in [1.54, 1.807) is 13.1 Å². The number of rotatable bonds is 2. The number of hydrogen-bond donors (Lipinski definition) is 1. The van der Waals surface area contributed by atoms with E-state index in [0.29, 0.717) is 17.8 Å². The smallest absolute Gasteiger partial charge is 0.219 e. The highest BCUT2D eigenvalue weighted by Gasteiger charge is 2.35. The summed E-state index contributed by atoms with van der Waals surface area (Å²) >= 11 is 0. The summed E-state index contributed by atoms with van der Waals surface area (Å²) < 4.78 is 0. The highest BCUT2D eigenvalue weighted by atomic mass is 16.2. The zero-order valence-corrected chi connectivity index (χ0v) is 12.0. The van der Waals surface area contributed by atoms with Crippen molar-refractivity contribution in [2.75, 3.05) is 25.4 Å². The van der Waals surface area contributed by atoms with Crippen molar-refractivity contribution >= 4 is 11.7 Å². The van der Waals surface area contributed by atoms with E-state index >= 15 is 0 Å². The molecule has 4 rings (SSSR count). The first-order valence-corrected chi connectivity index (χ1v) is 7.32. The van der Waals surface area contributed by atoms with Crippen molar-refractivity contribution in [2.45, 2.75) is 32.4 Å². The van der Waals surface area contributed by atoms with Crippen LogP contribution in [-0.4, -0.2) is 46.4 Å². The number of hydrogen-bond acceptors (Lipinski definition) is 4. The van der Waals surface area contributed by atoms with Gasteiger partial charge in [-0.05, 0) is 24.8 Å². The van der Waals surface area contributed by atoms with Gasteiger partial charge in [0.1, 0.15) is 5.82 Å². The maximum atomic E-state index is 11.7. The lowest BCUT2D eigenvalue weighted by atomic mass is 9.94. The Balaban J connectivity index is 1.75. The SMILES string of the molecule is CC(=O)N1C[C@H]2CC[C@@H](C1)N(Cc1cccnc1N)C2. The number of carbonyl (C=O) groups excluding carboxylic acids is 1. The van der Waals surface area contributed by atoms with Gasteiger partial charge in [-0.25, -0.2) is 4.98 Å². The Morgan fingerprint density at radius 1 is 1.40 bits per heavy atom. The number of nitrogens with zero attached hydrogens (tertiary/aromatic N) is 3. The Kier molecular flexibility index (Phi) is 3.61. The van der Waals surface area contributed by atoms with E-state index in [9.17, 15) is 4.79 Å². The van der Waals surface area contributed by atoms with Crippen LogP contribution in [0.5, 0.6) is 0 Å². The number of piperidine rings is 1. The summed E-state index contributed by atoms with van der Waals surface area (Å²) in [6, 6.07) is 4.44. The minimum Gasteiger partial charge on any atom is -0.383 e. The van der Waals surface area contributed by atoms with Gasteiger partial charge in [0, 0.05) is 50.9 Å². The first-order valence-electron chi connectivity index (χ1n) is 7.32. The quantitative estimate of drug-likeness (QED) is 0.877. The molecule has 0 spiro atoms. The van der Waals surface area contributed by atoms with Crippen LogP contribution in [0.1, 0.15) is 25.3 Å². The second-order valence-corrected chi connectivity index (χ2v) is 6.00. The molecular weight excluding hydrogens is 252 g/mol. The minimum absolute atomic E-state index is 0.199. The lowest BCUT2D eigenvalue weighted by Crippen LogP contribution is -2.43. The summed E-state index contributed by atoms with van der Waals surface area (Å²) in [5, 5.41) is 0. The third kappa shape index (κ3) is 2.63. The molecule has 2 N–H and O–H groups in total. The maximum absolute atomic E-state index is 11.7. The third-order valence-corrected chi connectivity index (χ3v) is 4.57. The fourth-order valence-electron chi connectivity index (χ4n) is 3.43. The van der Waals surface area contributed by atoms with Gasteiger partial charge >= 0.3 is 0 Å². The molecule has 108 valence electrons. The normalized spacial score (nSPS) is 26.6. The summed E-state index contributed by atoms with van der Waals surface area (Å²) in [5.74, 6) is 1.41. The molecule has 1 amide bonds. The summed E-state index contributed by atoms with van der Waals surface area (Å²) in [5.41, 5.74) is 7.04. The van der Waals surface area contributed by atoms with E-state index in [0.717, 1.165) is 31.7 Å². The molecule has 5 nitrogen and oxygen atoms in total. The third-order valence-electron chi connectivity index (χ3n) is 4.57. The molecule has 4 heterocycles. The highest BCUT2D eigenvalue weighted by molar-refractivity contribution is 5.73. The van der Waals surface area contributed by atoms with E-state index < -0.39 is 0 Å². The molecule has 0 radical (unpaired) electrons. The summed E-state index contributed by atoms with van der Waals surface area (Å²) in [7, 11) is 0. The van der Waals surface area contributed by atoms with E-state index in [1.165, 1.54) is 12.8 Å². The number of carbonyl (C=O) groups is 1. The number of nitrogens with two attached hydrogens (primary N) is 1. The van der Waals surface area contributed by atoms with E-state index in [1.807, 2.05) is 17.0 Å². The number of nitrogen functional groups attached to an aromatic ring is 1. The monoisotopic (exact) mass is 274 g/mol. The molecule has 1 aromatic heterocycles. The largest absolute Gasteiger partial charge is 0.383 e. The summed E-state index contributed by atoms with van der Waals surface area (Å²) in [4.78, 5) is 20.3. The summed E-state index contributed by atoms with van der Waals surface area (Å²) in [6.07, 6.45) is 4.13. The maximum Gasteiger partial charge on any atom is 0.219 e. The zero-order chi connectivity index (χ0) is 14.1. The molecule has 3 fully saturated rings. The molecule has 3 aliphatic rings. The van der Waals surface area contributed by atoms with Crippen LogP contribution >= 0.6 is 0 Å². The Labute approximate surface area is 119 Å². The van der Waals surface area contributed by atoms with Crippen LogP contribution in [0.25, 0.3) is 0 Å². The van der Waals surface area contributed by atoms with Crippen molar-refractivity contribution in [1.29, 1.82) is 0 Å². The van der Waals surface area contributed by atoms with Gasteiger partial charge in [0.15, 0.2) is 0 Å². The van der Waals surface area contributed by atoms with Gasteiger partial charge in [0.2, 0.25) is 5.91 Å². The molecule has 0 aliphatic carbocycles. The molecule has 20 heavy (non-hydrogen) atoms. The Morgan fingerprint density at radius 3 is 3.00 bits per heavy atom. The van der Waals surface area contributed by atoms with Gasteiger partial charge in [-0.1, -0.05) is 6.07 Å². The number of fused-ring (bicyclic) bond motifs is 4. The molecule has 2 atom stereocenters. The lowest BCUT2D eigenvalue weighted by Gasteiger charge is -2.36. The molecule has 2 bridgehead atoms. The number of pyridine rings is 1. The fourth-order valence-corrected chi connectivity index (χ4v) is 3.43. The second-order valence-electron chi connectivity index (χ2n) is 6.00. The zero-order valence-electron chi connectivity index (χ0n) is 12.0. The second kappa shape index (κ2) is 5.40. The Hall–Kier alpha value is -1.62. The van der Waals surface area contributed by atoms with Gasteiger partial charge < -0.3 is 10.6 Å². The van der Waals surface area contributed by atoms with Crippen LogP contribution in [0.15, 0.2) is 18.3 Å². The van der Waals surface area contributed by atoms with E-state index in [4.69, 9.17) is 5.73 Å². The van der Waals surface area contributed by atoms with Crippen molar-refractivity contribution < 1.29 is 4.79 Å². The van der Waals surface area contributed by atoms with Crippen LogP contribution in [0.3, 0.4) is 0 Å².